The highest BCUT2D eigenvalue weighted by molar-refractivity contribution is 7.13. The van der Waals surface area contributed by atoms with E-state index in [4.69, 9.17) is 33.2 Å². The Morgan fingerprint density at radius 2 is 1.70 bits per heavy atom. The van der Waals surface area contributed by atoms with Gasteiger partial charge >= 0.3 is 5.97 Å². The van der Waals surface area contributed by atoms with Crippen molar-refractivity contribution in [1.82, 2.24) is 20.3 Å². The SMILES string of the molecule is COC1OC(C(=O)O)C(OCC2OC(CC(=O)NCCOCCOCCn3cc(-c4cccs4)nn3)C(OC)C(O)C2O)C(O)C1O. The van der Waals surface area contributed by atoms with Gasteiger partial charge in [0.1, 0.15) is 48.4 Å². The van der Waals surface area contributed by atoms with E-state index >= 15 is 0 Å². The Kier molecular flexibility index (Phi) is 14.4. The molecule has 0 aliphatic carbocycles. The van der Waals surface area contributed by atoms with E-state index in [0.29, 0.717) is 26.4 Å². The summed E-state index contributed by atoms with van der Waals surface area (Å²) in [5.74, 6) is -1.92. The van der Waals surface area contributed by atoms with Crippen LogP contribution in [0.4, 0.5) is 0 Å². The van der Waals surface area contributed by atoms with Crippen LogP contribution in [0.1, 0.15) is 6.42 Å². The minimum Gasteiger partial charge on any atom is -0.479 e. The Balaban J connectivity index is 1.14. The number of amides is 1. The van der Waals surface area contributed by atoms with Crippen molar-refractivity contribution < 1.29 is 68.3 Å². The minimum atomic E-state index is -1.72. The molecule has 0 bridgehead atoms. The zero-order chi connectivity index (χ0) is 33.9. The molecule has 4 heterocycles. The maximum atomic E-state index is 12.6. The lowest BCUT2D eigenvalue weighted by Crippen LogP contribution is -2.63. The second kappa shape index (κ2) is 18.2. The van der Waals surface area contributed by atoms with Gasteiger partial charge in [0.25, 0.3) is 0 Å². The number of carboxylic acids is 1. The molecule has 19 heteroatoms. The molecule has 2 aromatic heterocycles. The number of carbonyl (C=O) groups is 2. The van der Waals surface area contributed by atoms with E-state index in [9.17, 15) is 35.1 Å². The summed E-state index contributed by atoms with van der Waals surface area (Å²) in [6.07, 6.45) is -12.8. The molecule has 4 rings (SSSR count). The monoisotopic (exact) mass is 690 g/mol. The second-order valence-corrected chi connectivity index (χ2v) is 11.7. The molecule has 2 aromatic rings. The molecule has 2 fully saturated rings. The van der Waals surface area contributed by atoms with E-state index in [0.717, 1.165) is 10.6 Å². The van der Waals surface area contributed by atoms with Gasteiger partial charge < -0.3 is 64.0 Å². The fraction of sp³-hybridized carbons (Fsp3) is 0.714. The first kappa shape index (κ1) is 37.2. The van der Waals surface area contributed by atoms with Crippen LogP contribution in [0, 0.1) is 0 Å². The molecule has 2 aliphatic rings. The third-order valence-corrected chi connectivity index (χ3v) is 8.53. The second-order valence-electron chi connectivity index (χ2n) is 10.8. The van der Waals surface area contributed by atoms with E-state index < -0.39 is 79.7 Å². The summed E-state index contributed by atoms with van der Waals surface area (Å²) in [7, 11) is 2.46. The molecule has 1 amide bonds. The van der Waals surface area contributed by atoms with Crippen molar-refractivity contribution in [3.05, 3.63) is 23.7 Å². The number of aliphatic hydroxyl groups excluding tert-OH is 4. The number of hydrogen-bond donors (Lipinski definition) is 6. The van der Waals surface area contributed by atoms with E-state index in [1.165, 1.54) is 14.2 Å². The highest BCUT2D eigenvalue weighted by atomic mass is 32.1. The van der Waals surface area contributed by atoms with Gasteiger partial charge in [-0.1, -0.05) is 11.3 Å². The molecular weight excluding hydrogens is 648 g/mol. The van der Waals surface area contributed by atoms with Gasteiger partial charge in [0.15, 0.2) is 12.4 Å². The fourth-order valence-electron chi connectivity index (χ4n) is 5.17. The Morgan fingerprint density at radius 3 is 2.38 bits per heavy atom. The molecular formula is C28H42N4O14S. The van der Waals surface area contributed by atoms with Crippen LogP contribution >= 0.6 is 11.3 Å². The van der Waals surface area contributed by atoms with E-state index in [1.807, 2.05) is 23.7 Å². The van der Waals surface area contributed by atoms with E-state index in [-0.39, 0.29) is 19.6 Å². The van der Waals surface area contributed by atoms with Crippen LogP contribution in [0.15, 0.2) is 23.7 Å². The average Bonchev–Trinajstić information content (AvgIpc) is 3.76. The number of carboxylic acid groups (broad SMARTS) is 1. The van der Waals surface area contributed by atoms with Crippen LogP contribution in [-0.2, 0) is 49.3 Å². The van der Waals surface area contributed by atoms with Crippen molar-refractivity contribution in [3.8, 4) is 10.6 Å². The number of aliphatic hydroxyl groups is 4. The summed E-state index contributed by atoms with van der Waals surface area (Å²) in [5.41, 5.74) is 0.810. The molecule has 0 spiro atoms. The smallest absolute Gasteiger partial charge is 0.335 e. The van der Waals surface area contributed by atoms with Crippen molar-refractivity contribution >= 4 is 23.2 Å². The van der Waals surface area contributed by atoms with Crippen LogP contribution in [0.5, 0.6) is 0 Å². The normalized spacial score (nSPS) is 31.1. The number of aromatic nitrogens is 3. The van der Waals surface area contributed by atoms with Gasteiger partial charge in [0.05, 0.1) is 63.2 Å². The van der Waals surface area contributed by atoms with Crippen LogP contribution in [-0.4, -0.2) is 167 Å². The molecule has 2 saturated heterocycles. The van der Waals surface area contributed by atoms with Crippen LogP contribution in [0.25, 0.3) is 10.6 Å². The Bertz CT molecular complexity index is 1240. The van der Waals surface area contributed by atoms with Crippen LogP contribution in [0.2, 0.25) is 0 Å². The highest BCUT2D eigenvalue weighted by Crippen LogP contribution is 2.29. The molecule has 0 radical (unpaired) electrons. The first-order chi connectivity index (χ1) is 22.6. The van der Waals surface area contributed by atoms with E-state index in [1.54, 1.807) is 16.0 Å². The largest absolute Gasteiger partial charge is 0.479 e. The molecule has 0 aromatic carbocycles. The van der Waals surface area contributed by atoms with E-state index in [2.05, 4.69) is 15.6 Å². The number of nitrogens with one attached hydrogen (secondary N) is 1. The first-order valence-corrected chi connectivity index (χ1v) is 15.8. The number of aliphatic carboxylic acids is 1. The third kappa shape index (κ3) is 9.94. The molecule has 47 heavy (non-hydrogen) atoms. The lowest BCUT2D eigenvalue weighted by atomic mass is 9.93. The standard InChI is InChI=1S/C28H42N4O14S/c1-40-24-16(45-17(20(34)21(24)35)14-44-25-22(36)23(37)28(41-2)46-26(25)27(38)39)12-19(33)29-5-7-42-9-10-43-8-6-32-13-15(30-31-32)18-4-3-11-47-18/h3-4,11,13,16-17,20-26,28,34-37H,5-10,12,14H2,1-2H3,(H,29,33)(H,38,39). The predicted molar refractivity (Wildman–Crippen MR) is 159 cm³/mol. The highest BCUT2D eigenvalue weighted by Gasteiger charge is 2.50. The number of ether oxygens (including phenoxy) is 7. The van der Waals surface area contributed by atoms with Gasteiger partial charge in [0.2, 0.25) is 5.91 Å². The quantitative estimate of drug-likeness (QED) is 0.0894. The Morgan fingerprint density at radius 1 is 0.957 bits per heavy atom. The number of methoxy groups -OCH3 is 2. The summed E-state index contributed by atoms with van der Waals surface area (Å²) in [6.45, 7) is 1.50. The predicted octanol–water partition coefficient (Wildman–Crippen LogP) is -2.39. The van der Waals surface area contributed by atoms with Gasteiger partial charge in [-0.05, 0) is 11.4 Å². The van der Waals surface area contributed by atoms with Crippen molar-refractivity contribution in [1.29, 1.82) is 0 Å². The third-order valence-electron chi connectivity index (χ3n) is 7.63. The number of thiophene rings is 1. The molecule has 10 atom stereocenters. The maximum absolute atomic E-state index is 12.6. The zero-order valence-electron chi connectivity index (χ0n) is 25.9. The Labute approximate surface area is 274 Å². The fourth-order valence-corrected chi connectivity index (χ4v) is 5.85. The van der Waals surface area contributed by atoms with Gasteiger partial charge in [-0.25, -0.2) is 9.48 Å². The van der Waals surface area contributed by atoms with Crippen LogP contribution in [0.3, 0.4) is 0 Å². The van der Waals surface area contributed by atoms with Gasteiger partial charge in [-0.2, -0.15) is 0 Å². The van der Waals surface area contributed by atoms with Crippen LogP contribution < -0.4 is 5.32 Å². The molecule has 10 unspecified atom stereocenters. The van der Waals surface area contributed by atoms with Crippen molar-refractivity contribution in [2.24, 2.45) is 0 Å². The summed E-state index contributed by atoms with van der Waals surface area (Å²) in [6, 6.07) is 3.93. The van der Waals surface area contributed by atoms with Crippen molar-refractivity contribution in [2.45, 2.75) is 74.2 Å². The summed E-state index contributed by atoms with van der Waals surface area (Å²) >= 11 is 1.59. The van der Waals surface area contributed by atoms with Gasteiger partial charge in [-0.3, -0.25) is 4.79 Å². The molecule has 6 N–H and O–H groups in total. The molecule has 0 saturated carbocycles. The molecule has 264 valence electrons. The van der Waals surface area contributed by atoms with Gasteiger partial charge in [0, 0.05) is 20.8 Å². The minimum absolute atomic E-state index is 0.187. The molecule has 2 aliphatic heterocycles. The number of rotatable bonds is 18. The summed E-state index contributed by atoms with van der Waals surface area (Å²) in [5, 5.41) is 64.3. The maximum Gasteiger partial charge on any atom is 0.335 e. The lowest BCUT2D eigenvalue weighted by Gasteiger charge is -2.44. The topological polar surface area (TPSA) is 243 Å². The Hall–Kier alpha value is -2.66. The van der Waals surface area contributed by atoms with Gasteiger partial charge in [-0.15, -0.1) is 16.4 Å². The van der Waals surface area contributed by atoms with Crippen molar-refractivity contribution in [3.63, 3.8) is 0 Å². The number of nitrogens with zero attached hydrogens (tertiary/aromatic N) is 3. The number of hydrogen-bond acceptors (Lipinski definition) is 16. The zero-order valence-corrected chi connectivity index (χ0v) is 26.7. The lowest BCUT2D eigenvalue weighted by molar-refractivity contribution is -0.302. The summed E-state index contributed by atoms with van der Waals surface area (Å²) in [4.78, 5) is 25.4. The van der Waals surface area contributed by atoms with Crippen molar-refractivity contribution in [2.75, 3.05) is 53.8 Å². The molecule has 18 nitrogen and oxygen atoms in total. The average molecular weight is 691 g/mol. The number of carbonyl (C=O) groups excluding carboxylic acids is 1. The summed E-state index contributed by atoms with van der Waals surface area (Å²) < 4.78 is 39.5. The first-order valence-electron chi connectivity index (χ1n) is 14.9.